The molecular weight excluding hydrogens is 312 g/mol. The van der Waals surface area contributed by atoms with Gasteiger partial charge in [-0.15, -0.1) is 0 Å². The first-order valence-electron chi connectivity index (χ1n) is 7.30. The van der Waals surface area contributed by atoms with E-state index in [2.05, 4.69) is 17.1 Å². The van der Waals surface area contributed by atoms with Gasteiger partial charge in [-0.25, -0.2) is 4.99 Å². The summed E-state index contributed by atoms with van der Waals surface area (Å²) in [5, 5.41) is 19.9. The van der Waals surface area contributed by atoms with Crippen LogP contribution >= 0.6 is 0 Å². The molecule has 1 aromatic carbocycles. The molecule has 24 heavy (non-hydrogen) atoms. The summed E-state index contributed by atoms with van der Waals surface area (Å²) < 4.78 is 21.7. The van der Waals surface area contributed by atoms with E-state index >= 15 is 0 Å². The van der Waals surface area contributed by atoms with Gasteiger partial charge in [-0.05, 0) is 17.7 Å². The Morgan fingerprint density at radius 2 is 1.92 bits per heavy atom. The van der Waals surface area contributed by atoms with Crippen LogP contribution in [0.25, 0.3) is 0 Å². The Balaban J connectivity index is 1.91. The third-order valence-corrected chi connectivity index (χ3v) is 5.31. The second kappa shape index (κ2) is 4.38. The summed E-state index contributed by atoms with van der Waals surface area (Å²) in [6.07, 6.45) is 0. The van der Waals surface area contributed by atoms with Crippen LogP contribution < -0.4 is 20.2 Å². The van der Waals surface area contributed by atoms with Crippen molar-refractivity contribution >= 4 is 5.84 Å². The number of nitrogens with two attached hydrogens (primary N) is 1. The Hall–Kier alpha value is -2.81. The standard InChI is InChI=1S/C16H14N4O4/c1-21-16(22-2)15(7-18)12(14(15,6-17)13(19)20-16)9-3-4-10-11(5-9)24-8-23-10/h3-5,12H,8H2,1-2H3,(H2,19,20)/p+1/t12-,14-,15-/m1/s1. The number of nitrogens with one attached hydrogen (secondary N) is 1. The van der Waals surface area contributed by atoms with Crippen LogP contribution in [-0.4, -0.2) is 32.8 Å². The first kappa shape index (κ1) is 14.8. The van der Waals surface area contributed by atoms with Gasteiger partial charge in [0.15, 0.2) is 22.3 Å². The fraction of sp³-hybridized carbons (Fsp3) is 0.438. The average Bonchev–Trinajstić information content (AvgIpc) is 2.87. The van der Waals surface area contributed by atoms with Crippen molar-refractivity contribution in [3.05, 3.63) is 23.8 Å². The van der Waals surface area contributed by atoms with Crippen molar-refractivity contribution in [2.45, 2.75) is 11.8 Å². The topological polar surface area (TPSA) is 124 Å². The monoisotopic (exact) mass is 327 g/mol. The van der Waals surface area contributed by atoms with Crippen LogP contribution in [0.5, 0.6) is 11.5 Å². The smallest absolute Gasteiger partial charge is 0.342 e. The number of methoxy groups -OCH3 is 2. The van der Waals surface area contributed by atoms with Gasteiger partial charge in [0, 0.05) is 20.1 Å². The number of nitriles is 2. The van der Waals surface area contributed by atoms with Gasteiger partial charge in [0.1, 0.15) is 0 Å². The van der Waals surface area contributed by atoms with Crippen LogP contribution in [0.4, 0.5) is 0 Å². The molecule has 0 radical (unpaired) electrons. The normalized spacial score (nSPS) is 34.0. The van der Waals surface area contributed by atoms with E-state index in [1.807, 2.05) is 0 Å². The molecule has 0 saturated heterocycles. The van der Waals surface area contributed by atoms with Gasteiger partial charge in [0.25, 0.3) is 5.84 Å². The van der Waals surface area contributed by atoms with Gasteiger partial charge in [0.05, 0.1) is 12.1 Å². The van der Waals surface area contributed by atoms with Crippen LogP contribution in [0.1, 0.15) is 11.5 Å². The third-order valence-electron chi connectivity index (χ3n) is 5.31. The lowest BCUT2D eigenvalue weighted by Gasteiger charge is -2.26. The largest absolute Gasteiger partial charge is 0.454 e. The molecule has 8 nitrogen and oxygen atoms in total. The maximum Gasteiger partial charge on any atom is 0.342 e. The molecule has 3 aliphatic rings. The highest BCUT2D eigenvalue weighted by Gasteiger charge is 2.97. The van der Waals surface area contributed by atoms with E-state index in [0.717, 1.165) is 5.56 Å². The summed E-state index contributed by atoms with van der Waals surface area (Å²) in [7, 11) is 2.82. The van der Waals surface area contributed by atoms with E-state index in [1.165, 1.54) is 14.2 Å². The van der Waals surface area contributed by atoms with Crippen molar-refractivity contribution in [3.8, 4) is 23.6 Å². The molecule has 1 aromatic rings. The van der Waals surface area contributed by atoms with Gasteiger partial charge in [-0.3, -0.25) is 5.73 Å². The van der Waals surface area contributed by atoms with Crippen LogP contribution in [0, 0.1) is 33.5 Å². The average molecular weight is 327 g/mol. The number of hydrogen-bond acceptors (Lipinski definition) is 7. The van der Waals surface area contributed by atoms with Crippen molar-refractivity contribution in [1.82, 2.24) is 0 Å². The minimum absolute atomic E-state index is 0.145. The molecule has 8 heteroatoms. The molecular formula is C16H15N4O4+. The summed E-state index contributed by atoms with van der Waals surface area (Å²) in [5.41, 5.74) is 4.29. The molecule has 0 amide bonds. The number of benzene rings is 1. The minimum atomic E-state index is -1.50. The van der Waals surface area contributed by atoms with Crippen molar-refractivity contribution in [2.75, 3.05) is 21.0 Å². The first-order valence-corrected chi connectivity index (χ1v) is 7.30. The van der Waals surface area contributed by atoms with Crippen molar-refractivity contribution in [1.29, 1.82) is 10.5 Å². The maximum absolute atomic E-state index is 9.98. The quantitative estimate of drug-likeness (QED) is 0.677. The van der Waals surface area contributed by atoms with Crippen LogP contribution in [0.3, 0.4) is 0 Å². The second-order valence-corrected chi connectivity index (χ2v) is 5.95. The van der Waals surface area contributed by atoms with Crippen molar-refractivity contribution in [3.63, 3.8) is 0 Å². The molecule has 3 N–H and O–H groups in total. The predicted molar refractivity (Wildman–Crippen MR) is 78.3 cm³/mol. The van der Waals surface area contributed by atoms with Gasteiger partial charge in [0.2, 0.25) is 6.79 Å². The zero-order chi connectivity index (χ0) is 17.2. The molecule has 2 heterocycles. The van der Waals surface area contributed by atoms with E-state index in [0.29, 0.717) is 11.5 Å². The number of amidine groups is 1. The Morgan fingerprint density at radius 3 is 2.54 bits per heavy atom. The minimum Gasteiger partial charge on any atom is -0.454 e. The number of ether oxygens (including phenoxy) is 4. The first-order chi connectivity index (χ1) is 11.6. The molecule has 0 unspecified atom stereocenters. The number of fused-ring (bicyclic) bond motifs is 2. The molecule has 0 bridgehead atoms. The number of nitrogens with zero attached hydrogens (tertiary/aromatic N) is 2. The van der Waals surface area contributed by atoms with E-state index < -0.39 is 22.7 Å². The van der Waals surface area contributed by atoms with E-state index in [4.69, 9.17) is 24.7 Å². The molecule has 3 atom stereocenters. The number of rotatable bonds is 3. The highest BCUT2D eigenvalue weighted by molar-refractivity contribution is 5.95. The fourth-order valence-electron chi connectivity index (χ4n) is 4.21. The summed E-state index contributed by atoms with van der Waals surface area (Å²) in [6.45, 7) is 0.145. The number of hydrogen-bond donors (Lipinski definition) is 2. The third kappa shape index (κ3) is 1.25. The zero-order valence-corrected chi connectivity index (χ0v) is 13.1. The van der Waals surface area contributed by atoms with Crippen LogP contribution in [0.2, 0.25) is 0 Å². The lowest BCUT2D eigenvalue weighted by Crippen LogP contribution is -2.90. The Bertz CT molecular complexity index is 851. The molecule has 122 valence electrons. The van der Waals surface area contributed by atoms with E-state index in [9.17, 15) is 10.5 Å². The van der Waals surface area contributed by atoms with Crippen molar-refractivity contribution < 1.29 is 23.9 Å². The Labute approximate surface area is 138 Å². The summed E-state index contributed by atoms with van der Waals surface area (Å²) in [6, 6.07) is 9.79. The van der Waals surface area contributed by atoms with E-state index in [-0.39, 0.29) is 12.6 Å². The SMILES string of the molecule is COC1(OC)[NH+]=C(N)[C@@]2(C#N)[C@@H](c3ccc4c(c3)OCO4)[C@@]12C#N. The Morgan fingerprint density at radius 1 is 1.21 bits per heavy atom. The summed E-state index contributed by atoms with van der Waals surface area (Å²) in [4.78, 5) is 2.85. The molecule has 1 aliphatic carbocycles. The zero-order valence-electron chi connectivity index (χ0n) is 13.1. The Kier molecular flexibility index (Phi) is 2.70. The van der Waals surface area contributed by atoms with E-state index in [1.54, 1.807) is 18.2 Å². The molecule has 1 fully saturated rings. The van der Waals surface area contributed by atoms with Gasteiger partial charge >= 0.3 is 5.91 Å². The summed E-state index contributed by atoms with van der Waals surface area (Å²) >= 11 is 0. The van der Waals surface area contributed by atoms with Crippen LogP contribution in [0.15, 0.2) is 18.2 Å². The predicted octanol–water partition coefficient (Wildman–Crippen LogP) is -1.07. The maximum atomic E-state index is 9.98. The highest BCUT2D eigenvalue weighted by atomic mass is 16.7. The lowest BCUT2D eigenvalue weighted by atomic mass is 9.93. The molecule has 0 spiro atoms. The molecule has 1 saturated carbocycles. The van der Waals surface area contributed by atoms with Gasteiger partial charge in [-0.1, -0.05) is 6.07 Å². The highest BCUT2D eigenvalue weighted by Crippen LogP contribution is 2.78. The fourth-order valence-corrected chi connectivity index (χ4v) is 4.21. The van der Waals surface area contributed by atoms with Crippen LogP contribution in [-0.2, 0) is 9.47 Å². The summed E-state index contributed by atoms with van der Waals surface area (Å²) in [5.74, 6) is -0.650. The molecule has 0 aromatic heterocycles. The molecule has 2 aliphatic heterocycles. The lowest BCUT2D eigenvalue weighted by molar-refractivity contribution is -0.687. The second-order valence-electron chi connectivity index (χ2n) is 5.95. The van der Waals surface area contributed by atoms with Gasteiger partial charge < -0.3 is 18.9 Å². The van der Waals surface area contributed by atoms with Crippen molar-refractivity contribution in [2.24, 2.45) is 16.6 Å². The van der Waals surface area contributed by atoms with Gasteiger partial charge in [-0.2, -0.15) is 10.5 Å². The molecule has 4 rings (SSSR count).